The molecule has 0 saturated heterocycles. The van der Waals surface area contributed by atoms with Gasteiger partial charge in [0, 0.05) is 10.8 Å². The molecule has 0 spiro atoms. The van der Waals surface area contributed by atoms with Gasteiger partial charge in [-0.15, -0.1) is 0 Å². The molecule has 2 fully saturated rings. The maximum Gasteiger partial charge on any atom is 0.365 e. The van der Waals surface area contributed by atoms with Crippen molar-refractivity contribution in [3.8, 4) is 0 Å². The van der Waals surface area contributed by atoms with Gasteiger partial charge in [0.15, 0.2) is 0 Å². The Morgan fingerprint density at radius 1 is 1.25 bits per heavy atom. The lowest BCUT2D eigenvalue weighted by Crippen LogP contribution is -2.36. The van der Waals surface area contributed by atoms with Crippen LogP contribution >= 0.6 is 0 Å². The van der Waals surface area contributed by atoms with Crippen molar-refractivity contribution in [2.24, 2.45) is 21.9 Å². The summed E-state index contributed by atoms with van der Waals surface area (Å²) in [5, 5.41) is 4.27. The van der Waals surface area contributed by atoms with Crippen LogP contribution in [-0.2, 0) is 4.84 Å². The van der Waals surface area contributed by atoms with E-state index in [0.29, 0.717) is 11.5 Å². The van der Waals surface area contributed by atoms with Crippen LogP contribution < -0.4 is 0 Å². The predicted octanol–water partition coefficient (Wildman–Crippen LogP) is 4.05. The van der Waals surface area contributed by atoms with Crippen molar-refractivity contribution >= 4 is 11.7 Å². The molecular formula is C17H21NO2. The van der Waals surface area contributed by atoms with E-state index in [1.54, 1.807) is 12.1 Å². The number of fused-ring (bicyclic) bond motifs is 2. The van der Waals surface area contributed by atoms with E-state index in [-0.39, 0.29) is 16.8 Å². The molecule has 3 rings (SSSR count). The number of carbonyl (C=O) groups is 1. The Labute approximate surface area is 120 Å². The van der Waals surface area contributed by atoms with E-state index in [0.717, 1.165) is 12.1 Å². The number of hydrogen-bond acceptors (Lipinski definition) is 3. The maximum atomic E-state index is 12.0. The molecule has 2 atom stereocenters. The molecule has 0 unspecified atom stereocenters. The van der Waals surface area contributed by atoms with E-state index < -0.39 is 0 Å². The van der Waals surface area contributed by atoms with Gasteiger partial charge in [0.2, 0.25) is 0 Å². The highest BCUT2D eigenvalue weighted by Gasteiger charge is 2.57. The third kappa shape index (κ3) is 1.96. The van der Waals surface area contributed by atoms with Crippen LogP contribution in [0.5, 0.6) is 0 Å². The van der Waals surface area contributed by atoms with E-state index in [1.807, 2.05) is 18.2 Å². The zero-order valence-corrected chi connectivity index (χ0v) is 12.3. The van der Waals surface area contributed by atoms with E-state index in [4.69, 9.17) is 4.84 Å². The highest BCUT2D eigenvalue weighted by molar-refractivity contribution is 5.98. The van der Waals surface area contributed by atoms with Gasteiger partial charge in [0.1, 0.15) is 0 Å². The largest absolute Gasteiger partial charge is 0.365 e. The second kappa shape index (κ2) is 4.44. The quantitative estimate of drug-likeness (QED) is 0.601. The standard InChI is InChI=1S/C17H21NO2/c1-16(2)13-9-10-17(3,11-13)15(16)18-20-14(19)12-7-5-4-6-8-12/h4-8,13H,9-11H2,1-3H3/b18-15-/t13-,17+/m0/s1. The van der Waals surface area contributed by atoms with Gasteiger partial charge in [0.25, 0.3) is 0 Å². The smallest absolute Gasteiger partial charge is 0.313 e. The molecule has 0 heterocycles. The summed E-state index contributed by atoms with van der Waals surface area (Å²) in [5.41, 5.74) is 1.77. The first kappa shape index (κ1) is 13.3. The number of oxime groups is 1. The van der Waals surface area contributed by atoms with E-state index >= 15 is 0 Å². The minimum Gasteiger partial charge on any atom is -0.313 e. The molecule has 0 aliphatic heterocycles. The van der Waals surface area contributed by atoms with Crippen molar-refractivity contribution in [1.29, 1.82) is 0 Å². The van der Waals surface area contributed by atoms with Crippen molar-refractivity contribution in [2.45, 2.75) is 40.0 Å². The fourth-order valence-corrected chi connectivity index (χ4v) is 3.98. The van der Waals surface area contributed by atoms with Gasteiger partial charge in [-0.05, 0) is 37.3 Å². The van der Waals surface area contributed by atoms with Crippen LogP contribution in [0, 0.1) is 16.7 Å². The molecule has 20 heavy (non-hydrogen) atoms. The molecule has 0 N–H and O–H groups in total. The minimum atomic E-state index is -0.375. The Bertz CT molecular complexity index is 555. The monoisotopic (exact) mass is 271 g/mol. The van der Waals surface area contributed by atoms with Crippen molar-refractivity contribution in [3.05, 3.63) is 35.9 Å². The van der Waals surface area contributed by atoms with Crippen LogP contribution in [0.15, 0.2) is 35.5 Å². The second-order valence-electron chi connectivity index (χ2n) is 6.91. The van der Waals surface area contributed by atoms with Gasteiger partial charge < -0.3 is 4.84 Å². The molecule has 2 bridgehead atoms. The third-order valence-corrected chi connectivity index (χ3v) is 5.17. The first-order chi connectivity index (χ1) is 9.43. The van der Waals surface area contributed by atoms with Crippen LogP contribution in [0.3, 0.4) is 0 Å². The summed E-state index contributed by atoms with van der Waals surface area (Å²) in [6, 6.07) is 9.02. The van der Waals surface area contributed by atoms with E-state index in [2.05, 4.69) is 25.9 Å². The Morgan fingerprint density at radius 2 is 1.95 bits per heavy atom. The molecule has 3 heteroatoms. The molecule has 2 saturated carbocycles. The molecular weight excluding hydrogens is 250 g/mol. The molecule has 0 aromatic heterocycles. The molecule has 0 radical (unpaired) electrons. The van der Waals surface area contributed by atoms with Gasteiger partial charge in [0.05, 0.1) is 11.3 Å². The lowest BCUT2D eigenvalue weighted by molar-refractivity contribution is 0.0506. The van der Waals surface area contributed by atoms with Crippen molar-refractivity contribution in [1.82, 2.24) is 0 Å². The Hall–Kier alpha value is -1.64. The molecule has 1 aromatic rings. The zero-order valence-electron chi connectivity index (χ0n) is 12.3. The van der Waals surface area contributed by atoms with Gasteiger partial charge in [-0.2, -0.15) is 0 Å². The van der Waals surface area contributed by atoms with Crippen LogP contribution in [0.4, 0.5) is 0 Å². The van der Waals surface area contributed by atoms with E-state index in [9.17, 15) is 4.79 Å². The van der Waals surface area contributed by atoms with Gasteiger partial charge in [-0.3, -0.25) is 0 Å². The van der Waals surface area contributed by atoms with Crippen LogP contribution in [0.2, 0.25) is 0 Å². The summed E-state index contributed by atoms with van der Waals surface area (Å²) in [6.07, 6.45) is 3.58. The number of rotatable bonds is 2. The Balaban J connectivity index is 1.81. The van der Waals surface area contributed by atoms with Crippen LogP contribution in [-0.4, -0.2) is 11.7 Å². The topological polar surface area (TPSA) is 38.7 Å². The highest BCUT2D eigenvalue weighted by atomic mass is 16.7. The van der Waals surface area contributed by atoms with Gasteiger partial charge >= 0.3 is 5.97 Å². The van der Waals surface area contributed by atoms with Crippen LogP contribution in [0.25, 0.3) is 0 Å². The molecule has 1 aromatic carbocycles. The van der Waals surface area contributed by atoms with Gasteiger partial charge in [-0.25, -0.2) is 4.79 Å². The number of carbonyl (C=O) groups excluding carboxylic acids is 1. The Kier molecular flexibility index (Phi) is 2.96. The average molecular weight is 271 g/mol. The summed E-state index contributed by atoms with van der Waals surface area (Å²) in [5.74, 6) is 0.293. The lowest BCUT2D eigenvalue weighted by Gasteiger charge is -2.34. The average Bonchev–Trinajstić information content (AvgIpc) is 2.90. The van der Waals surface area contributed by atoms with Gasteiger partial charge in [-0.1, -0.05) is 44.1 Å². The fraction of sp³-hybridized carbons (Fsp3) is 0.529. The predicted molar refractivity (Wildman–Crippen MR) is 78.5 cm³/mol. The number of hydrogen-bond donors (Lipinski definition) is 0. The third-order valence-electron chi connectivity index (χ3n) is 5.17. The maximum absolute atomic E-state index is 12.0. The van der Waals surface area contributed by atoms with Crippen molar-refractivity contribution < 1.29 is 9.63 Å². The SMILES string of the molecule is CC1(C)/C(=N/OC(=O)c2ccccc2)[C@]2(C)CC[C@H]1C2. The zero-order chi connectivity index (χ0) is 14.4. The highest BCUT2D eigenvalue weighted by Crippen LogP contribution is 2.60. The summed E-state index contributed by atoms with van der Waals surface area (Å²) in [4.78, 5) is 17.2. The summed E-state index contributed by atoms with van der Waals surface area (Å²) in [7, 11) is 0. The summed E-state index contributed by atoms with van der Waals surface area (Å²) in [6.45, 7) is 6.69. The minimum absolute atomic E-state index is 0.0456. The number of nitrogens with zero attached hydrogens (tertiary/aromatic N) is 1. The summed E-state index contributed by atoms with van der Waals surface area (Å²) >= 11 is 0. The molecule has 2 aliphatic carbocycles. The second-order valence-corrected chi connectivity index (χ2v) is 6.91. The summed E-state index contributed by atoms with van der Waals surface area (Å²) < 4.78 is 0. The van der Waals surface area contributed by atoms with Crippen molar-refractivity contribution in [3.63, 3.8) is 0 Å². The lowest BCUT2D eigenvalue weighted by atomic mass is 9.71. The molecule has 3 nitrogen and oxygen atoms in total. The normalized spacial score (nSPS) is 32.5. The van der Waals surface area contributed by atoms with E-state index in [1.165, 1.54) is 12.8 Å². The first-order valence-electron chi connectivity index (χ1n) is 7.29. The molecule has 2 aliphatic rings. The van der Waals surface area contributed by atoms with Crippen molar-refractivity contribution in [2.75, 3.05) is 0 Å². The number of benzene rings is 1. The Morgan fingerprint density at radius 3 is 2.55 bits per heavy atom. The van der Waals surface area contributed by atoms with Crippen LogP contribution in [0.1, 0.15) is 50.4 Å². The molecule has 106 valence electrons. The fourth-order valence-electron chi connectivity index (χ4n) is 3.98. The first-order valence-corrected chi connectivity index (χ1v) is 7.29. The molecule has 0 amide bonds.